The number of nitrogen functional groups attached to an aromatic ring is 1. The van der Waals surface area contributed by atoms with Crippen LogP contribution in [0, 0.1) is 0 Å². The number of anilines is 1. The Balaban J connectivity index is 1.18. The number of carbonyl (C=O) groups is 2. The third-order valence-electron chi connectivity index (χ3n) is 8.37. The van der Waals surface area contributed by atoms with Crippen LogP contribution in [0.15, 0.2) is 97.5 Å². The summed E-state index contributed by atoms with van der Waals surface area (Å²) in [4.78, 5) is 46.5. The molecule has 0 fully saturated rings. The number of pyridine rings is 2. The highest BCUT2D eigenvalue weighted by Gasteiger charge is 2.27. The topological polar surface area (TPSA) is 144 Å². The van der Waals surface area contributed by atoms with Crippen molar-refractivity contribution in [2.75, 3.05) is 5.73 Å². The maximum absolute atomic E-state index is 13.3. The monoisotopic (exact) mass is 590 g/mol. The minimum Gasteiger partial charge on any atom is -0.383 e. The quantitative estimate of drug-likeness (QED) is 0.206. The van der Waals surface area contributed by atoms with Crippen LogP contribution in [0.25, 0.3) is 50.5 Å². The second-order valence-corrected chi connectivity index (χ2v) is 11.0. The van der Waals surface area contributed by atoms with Gasteiger partial charge in [0.2, 0.25) is 0 Å². The number of H-pyrrole nitrogens is 1. The summed E-state index contributed by atoms with van der Waals surface area (Å²) in [6, 6.07) is 27.1. The molecule has 3 aromatic carbocycles. The van der Waals surface area contributed by atoms with E-state index in [9.17, 15) is 9.59 Å². The second kappa shape index (κ2) is 10.5. The molecule has 0 radical (unpaired) electrons. The van der Waals surface area contributed by atoms with Crippen molar-refractivity contribution in [1.82, 2.24) is 34.8 Å². The number of imidazole rings is 2. The van der Waals surface area contributed by atoms with Crippen molar-refractivity contribution in [3.05, 3.63) is 120 Å². The average molecular weight is 591 g/mol. The van der Waals surface area contributed by atoms with Gasteiger partial charge >= 0.3 is 0 Å². The number of carbonyl (C=O) groups excluding carboxylic acids is 2. The molecule has 1 aliphatic carbocycles. The molecule has 0 aliphatic heterocycles. The molecule has 45 heavy (non-hydrogen) atoms. The molecule has 4 heterocycles. The largest absolute Gasteiger partial charge is 0.383 e. The Morgan fingerprint density at radius 2 is 1.84 bits per heavy atom. The summed E-state index contributed by atoms with van der Waals surface area (Å²) in [7, 11) is 0. The van der Waals surface area contributed by atoms with Crippen LogP contribution in [0.1, 0.15) is 44.3 Å². The summed E-state index contributed by atoms with van der Waals surface area (Å²) in [6.45, 7) is 0. The van der Waals surface area contributed by atoms with Crippen molar-refractivity contribution in [2.45, 2.75) is 18.9 Å². The number of rotatable bonds is 6. The van der Waals surface area contributed by atoms with E-state index in [0.717, 1.165) is 52.7 Å². The third-order valence-corrected chi connectivity index (χ3v) is 8.37. The van der Waals surface area contributed by atoms with Gasteiger partial charge in [0.25, 0.3) is 5.91 Å². The molecule has 0 saturated heterocycles. The van der Waals surface area contributed by atoms with Crippen LogP contribution in [-0.2, 0) is 6.42 Å². The molecular weight excluding hydrogens is 564 g/mol. The minimum atomic E-state index is -0.252. The van der Waals surface area contributed by atoms with E-state index in [-0.39, 0.29) is 11.9 Å². The van der Waals surface area contributed by atoms with E-state index >= 15 is 0 Å². The standard InChI is InChI=1S/C35H26N8O2/c36-32-26(7-4-14-37-32)33-41-29-13-12-27(20-5-2-1-3-6-20)40-34(29)43(33)24-9-10-25-21(16-24)8-11-28(25)42-35(45)22-15-23(18-44)31-30(17-22)38-19-39-31/h1-7,9-10,12-19,28H,8,11H2,(H2,36,37)(H,38,39)(H,42,45)/t28-/m0/s1. The molecule has 1 atom stereocenters. The van der Waals surface area contributed by atoms with Crippen LogP contribution < -0.4 is 11.1 Å². The molecule has 7 aromatic rings. The van der Waals surface area contributed by atoms with E-state index in [1.165, 1.54) is 6.33 Å². The van der Waals surface area contributed by atoms with Crippen molar-refractivity contribution >= 4 is 40.2 Å². The Labute approximate surface area is 257 Å². The molecule has 10 heteroatoms. The van der Waals surface area contributed by atoms with Crippen molar-refractivity contribution < 1.29 is 9.59 Å². The predicted octanol–water partition coefficient (Wildman–Crippen LogP) is 5.84. The van der Waals surface area contributed by atoms with E-state index in [4.69, 9.17) is 15.7 Å². The number of nitrogens with zero attached hydrogens (tertiary/aromatic N) is 5. The van der Waals surface area contributed by atoms with Crippen LogP contribution in [0.5, 0.6) is 0 Å². The highest BCUT2D eigenvalue weighted by molar-refractivity contribution is 6.03. The molecule has 4 aromatic heterocycles. The summed E-state index contributed by atoms with van der Waals surface area (Å²) in [6.07, 6.45) is 5.44. The smallest absolute Gasteiger partial charge is 0.251 e. The van der Waals surface area contributed by atoms with Gasteiger partial charge in [-0.15, -0.1) is 0 Å². The highest BCUT2D eigenvalue weighted by atomic mass is 16.1. The third kappa shape index (κ3) is 4.51. The van der Waals surface area contributed by atoms with Crippen molar-refractivity contribution in [2.24, 2.45) is 0 Å². The van der Waals surface area contributed by atoms with Gasteiger partial charge in [-0.2, -0.15) is 0 Å². The van der Waals surface area contributed by atoms with E-state index < -0.39 is 0 Å². The first-order valence-electron chi connectivity index (χ1n) is 14.6. The molecule has 1 amide bonds. The summed E-state index contributed by atoms with van der Waals surface area (Å²) < 4.78 is 2.03. The molecule has 8 rings (SSSR count). The van der Waals surface area contributed by atoms with Crippen LogP contribution in [-0.4, -0.2) is 41.7 Å². The van der Waals surface area contributed by atoms with E-state index in [1.54, 1.807) is 18.3 Å². The van der Waals surface area contributed by atoms with Gasteiger partial charge in [-0.05, 0) is 72.5 Å². The number of aryl methyl sites for hydroxylation is 1. The summed E-state index contributed by atoms with van der Waals surface area (Å²) in [5, 5.41) is 3.16. The lowest BCUT2D eigenvalue weighted by Crippen LogP contribution is -2.27. The van der Waals surface area contributed by atoms with E-state index in [2.05, 4.69) is 32.4 Å². The van der Waals surface area contributed by atoms with Crippen LogP contribution in [0.2, 0.25) is 0 Å². The van der Waals surface area contributed by atoms with Gasteiger partial charge in [0.15, 0.2) is 17.8 Å². The number of amides is 1. The second-order valence-electron chi connectivity index (χ2n) is 11.0. The summed E-state index contributed by atoms with van der Waals surface area (Å²) in [5.74, 6) is 0.778. The van der Waals surface area contributed by atoms with E-state index in [0.29, 0.717) is 45.0 Å². The molecule has 0 bridgehead atoms. The molecule has 0 spiro atoms. The number of benzene rings is 3. The van der Waals surface area contributed by atoms with Crippen molar-refractivity contribution in [3.8, 4) is 28.3 Å². The van der Waals surface area contributed by atoms with Crippen molar-refractivity contribution in [1.29, 1.82) is 0 Å². The number of nitrogens with two attached hydrogens (primary N) is 1. The Morgan fingerprint density at radius 3 is 2.69 bits per heavy atom. The van der Waals surface area contributed by atoms with Gasteiger partial charge in [0, 0.05) is 28.6 Å². The number of hydrogen-bond donors (Lipinski definition) is 3. The fourth-order valence-corrected chi connectivity index (χ4v) is 6.19. The zero-order valence-corrected chi connectivity index (χ0v) is 23.9. The molecule has 0 unspecified atom stereocenters. The first-order chi connectivity index (χ1) is 22.1. The maximum Gasteiger partial charge on any atom is 0.251 e. The molecule has 218 valence electrons. The maximum atomic E-state index is 13.3. The molecule has 0 saturated carbocycles. The number of aromatic amines is 1. The average Bonchev–Trinajstić information content (AvgIpc) is 3.81. The normalized spacial score (nSPS) is 14.1. The van der Waals surface area contributed by atoms with Gasteiger partial charge in [0.05, 0.1) is 34.7 Å². The molecular formula is C35H26N8O2. The number of hydrogen-bond acceptors (Lipinski definition) is 7. The van der Waals surface area contributed by atoms with E-state index in [1.807, 2.05) is 65.2 Å². The number of aldehydes is 1. The number of aromatic nitrogens is 6. The lowest BCUT2D eigenvalue weighted by molar-refractivity contribution is 0.0937. The van der Waals surface area contributed by atoms with Crippen LogP contribution in [0.3, 0.4) is 0 Å². The Morgan fingerprint density at radius 1 is 0.956 bits per heavy atom. The van der Waals surface area contributed by atoms with Gasteiger partial charge in [-0.3, -0.25) is 14.2 Å². The van der Waals surface area contributed by atoms with Gasteiger partial charge in [-0.1, -0.05) is 36.4 Å². The lowest BCUT2D eigenvalue weighted by atomic mass is 10.1. The number of fused-ring (bicyclic) bond motifs is 3. The van der Waals surface area contributed by atoms with Gasteiger partial charge < -0.3 is 16.0 Å². The lowest BCUT2D eigenvalue weighted by Gasteiger charge is -2.16. The minimum absolute atomic E-state index is 0.174. The first-order valence-corrected chi connectivity index (χ1v) is 14.6. The van der Waals surface area contributed by atoms with Crippen LogP contribution in [0.4, 0.5) is 5.82 Å². The fraction of sp³-hybridized carbons (Fsp3) is 0.0857. The van der Waals surface area contributed by atoms with Crippen molar-refractivity contribution in [3.63, 3.8) is 0 Å². The van der Waals surface area contributed by atoms with Gasteiger partial charge in [-0.25, -0.2) is 19.9 Å². The molecule has 4 N–H and O–H groups in total. The van der Waals surface area contributed by atoms with Crippen LogP contribution >= 0.6 is 0 Å². The SMILES string of the molecule is Nc1ncccc1-c1nc2ccc(-c3ccccc3)nc2n1-c1ccc2c(c1)CC[C@@H]2NC(=O)c1cc(C=O)c2[nH]cnc2c1. The zero-order valence-electron chi connectivity index (χ0n) is 23.9. The predicted molar refractivity (Wildman–Crippen MR) is 172 cm³/mol. The Bertz CT molecular complexity index is 2270. The Kier molecular flexibility index (Phi) is 6.19. The summed E-state index contributed by atoms with van der Waals surface area (Å²) >= 11 is 0. The Hall–Kier alpha value is -6.16. The van der Waals surface area contributed by atoms with Gasteiger partial charge in [0.1, 0.15) is 11.3 Å². The highest BCUT2D eigenvalue weighted by Crippen LogP contribution is 2.36. The summed E-state index contributed by atoms with van der Waals surface area (Å²) in [5.41, 5.74) is 15.4. The fourth-order valence-electron chi connectivity index (χ4n) is 6.19. The molecule has 10 nitrogen and oxygen atoms in total. The number of nitrogens with one attached hydrogen (secondary N) is 2. The molecule has 1 aliphatic rings. The zero-order chi connectivity index (χ0) is 30.5. The first kappa shape index (κ1) is 26.5.